The minimum absolute atomic E-state index is 0.279. The second-order valence-electron chi connectivity index (χ2n) is 8.00. The molecule has 6 nitrogen and oxygen atoms in total. The Kier molecular flexibility index (Phi) is 9.13. The lowest BCUT2D eigenvalue weighted by atomic mass is 10.1. The van der Waals surface area contributed by atoms with Crippen molar-refractivity contribution in [3.05, 3.63) is 77.9 Å². The Balaban J connectivity index is 1.72. The van der Waals surface area contributed by atoms with Gasteiger partial charge in [-0.15, -0.1) is 0 Å². The highest BCUT2D eigenvalue weighted by atomic mass is 16.5. The Morgan fingerprint density at radius 1 is 1.06 bits per heavy atom. The van der Waals surface area contributed by atoms with E-state index in [0.29, 0.717) is 19.8 Å². The maximum absolute atomic E-state index is 6.01. The first-order chi connectivity index (χ1) is 15.6. The van der Waals surface area contributed by atoms with E-state index in [1.54, 1.807) is 19.6 Å². The van der Waals surface area contributed by atoms with Crippen molar-refractivity contribution in [3.63, 3.8) is 0 Å². The third-order valence-corrected chi connectivity index (χ3v) is 5.53. The molecule has 6 heteroatoms. The van der Waals surface area contributed by atoms with E-state index in [2.05, 4.69) is 60.1 Å². The summed E-state index contributed by atoms with van der Waals surface area (Å²) >= 11 is 0. The van der Waals surface area contributed by atoms with Crippen LogP contribution in [0.15, 0.2) is 61.2 Å². The highest BCUT2D eigenvalue weighted by Crippen LogP contribution is 2.30. The Bertz CT molecular complexity index is 943. The first-order valence-corrected chi connectivity index (χ1v) is 11.2. The van der Waals surface area contributed by atoms with Crippen molar-refractivity contribution in [2.24, 2.45) is 0 Å². The van der Waals surface area contributed by atoms with Crippen LogP contribution < -0.4 is 9.47 Å². The molecule has 0 saturated carbocycles. The smallest absolute Gasteiger partial charge is 0.161 e. The highest BCUT2D eigenvalue weighted by molar-refractivity contribution is 5.43. The lowest BCUT2D eigenvalue weighted by Crippen LogP contribution is -2.35. The van der Waals surface area contributed by atoms with E-state index in [4.69, 9.17) is 14.2 Å². The van der Waals surface area contributed by atoms with Crippen LogP contribution in [0.5, 0.6) is 11.5 Å². The zero-order valence-electron chi connectivity index (χ0n) is 19.7. The fourth-order valence-electron chi connectivity index (χ4n) is 3.67. The van der Waals surface area contributed by atoms with Crippen LogP contribution in [-0.4, -0.2) is 47.4 Å². The normalized spacial score (nSPS) is 12.2. The molecule has 0 saturated heterocycles. The molecule has 1 aromatic heterocycles. The lowest BCUT2D eigenvalue weighted by molar-refractivity contribution is 0.0893. The largest absolute Gasteiger partial charge is 0.490 e. The maximum atomic E-state index is 6.01. The molecule has 0 spiro atoms. The standard InChI is InChI=1S/C26H35N3O3/c1-5-31-26-16-23(10-11-25(26)32-15-14-28-13-12-27-20-28)17-29(22(3)19-30-4)18-24-9-7-6-8-21(24)2/h6-13,16,20,22H,5,14-15,17-19H2,1-4H3/t22-/m0/s1. The topological polar surface area (TPSA) is 48.8 Å². The summed E-state index contributed by atoms with van der Waals surface area (Å²) in [6, 6.07) is 15.1. The van der Waals surface area contributed by atoms with Gasteiger partial charge < -0.3 is 18.8 Å². The van der Waals surface area contributed by atoms with Crippen LogP contribution in [0.1, 0.15) is 30.5 Å². The van der Waals surface area contributed by atoms with Crippen LogP contribution in [-0.2, 0) is 24.4 Å². The van der Waals surface area contributed by atoms with Gasteiger partial charge in [-0.25, -0.2) is 4.98 Å². The van der Waals surface area contributed by atoms with E-state index in [-0.39, 0.29) is 6.04 Å². The molecule has 172 valence electrons. The summed E-state index contributed by atoms with van der Waals surface area (Å²) in [7, 11) is 1.76. The quantitative estimate of drug-likeness (QED) is 0.388. The first-order valence-electron chi connectivity index (χ1n) is 11.2. The lowest BCUT2D eigenvalue weighted by Gasteiger charge is -2.29. The van der Waals surface area contributed by atoms with E-state index in [0.717, 1.165) is 31.1 Å². The van der Waals surface area contributed by atoms with Crippen LogP contribution in [0.4, 0.5) is 0 Å². The molecule has 0 amide bonds. The molecule has 0 fully saturated rings. The van der Waals surface area contributed by atoms with Crippen molar-refractivity contribution in [2.75, 3.05) is 26.9 Å². The van der Waals surface area contributed by atoms with Gasteiger partial charge in [0.1, 0.15) is 6.61 Å². The van der Waals surface area contributed by atoms with Gasteiger partial charge in [-0.05, 0) is 49.6 Å². The molecule has 1 heterocycles. The van der Waals surface area contributed by atoms with Gasteiger partial charge in [-0.3, -0.25) is 4.90 Å². The number of benzene rings is 2. The second-order valence-corrected chi connectivity index (χ2v) is 8.00. The highest BCUT2D eigenvalue weighted by Gasteiger charge is 2.17. The van der Waals surface area contributed by atoms with Crippen LogP contribution in [0.2, 0.25) is 0 Å². The predicted molar refractivity (Wildman–Crippen MR) is 127 cm³/mol. The fraction of sp³-hybridized carbons (Fsp3) is 0.423. The average molecular weight is 438 g/mol. The Labute approximate surface area is 191 Å². The molecule has 2 aromatic carbocycles. The monoisotopic (exact) mass is 437 g/mol. The van der Waals surface area contributed by atoms with Crippen molar-refractivity contribution >= 4 is 0 Å². The molecule has 0 N–H and O–H groups in total. The Hall–Kier alpha value is -2.83. The number of imidazole rings is 1. The predicted octanol–water partition coefficient (Wildman–Crippen LogP) is 4.71. The Morgan fingerprint density at radius 3 is 2.62 bits per heavy atom. The zero-order chi connectivity index (χ0) is 22.8. The van der Waals surface area contributed by atoms with Crippen LogP contribution in [0.3, 0.4) is 0 Å². The third-order valence-electron chi connectivity index (χ3n) is 5.53. The Morgan fingerprint density at radius 2 is 1.91 bits per heavy atom. The minimum Gasteiger partial charge on any atom is -0.490 e. The van der Waals surface area contributed by atoms with Gasteiger partial charge in [0, 0.05) is 38.6 Å². The number of nitrogens with zero attached hydrogens (tertiary/aromatic N) is 3. The van der Waals surface area contributed by atoms with Gasteiger partial charge in [0.2, 0.25) is 0 Å². The molecule has 0 aliphatic heterocycles. The molecule has 0 aliphatic rings. The number of hydrogen-bond acceptors (Lipinski definition) is 5. The molecule has 32 heavy (non-hydrogen) atoms. The van der Waals surface area contributed by atoms with Crippen LogP contribution >= 0.6 is 0 Å². The molecule has 0 aliphatic carbocycles. The zero-order valence-corrected chi connectivity index (χ0v) is 19.7. The average Bonchev–Trinajstić information content (AvgIpc) is 3.30. The number of ether oxygens (including phenoxy) is 3. The third kappa shape index (κ3) is 6.84. The number of methoxy groups -OCH3 is 1. The van der Waals surface area contributed by atoms with E-state index in [9.17, 15) is 0 Å². The molecule has 0 unspecified atom stereocenters. The van der Waals surface area contributed by atoms with Crippen molar-refractivity contribution < 1.29 is 14.2 Å². The van der Waals surface area contributed by atoms with Crippen molar-refractivity contribution in [1.82, 2.24) is 14.5 Å². The minimum atomic E-state index is 0.279. The van der Waals surface area contributed by atoms with Gasteiger partial charge in [-0.2, -0.15) is 0 Å². The van der Waals surface area contributed by atoms with Gasteiger partial charge in [0.25, 0.3) is 0 Å². The molecule has 0 radical (unpaired) electrons. The molecular formula is C26H35N3O3. The SMILES string of the molecule is CCOc1cc(CN(Cc2ccccc2C)[C@@H](C)COC)ccc1OCCn1ccnc1. The number of hydrogen-bond donors (Lipinski definition) is 0. The van der Waals surface area contributed by atoms with Crippen molar-refractivity contribution in [2.45, 2.75) is 46.4 Å². The number of aromatic nitrogens is 2. The number of rotatable bonds is 13. The van der Waals surface area contributed by atoms with Gasteiger partial charge in [0.05, 0.1) is 26.1 Å². The van der Waals surface area contributed by atoms with Gasteiger partial charge in [-0.1, -0.05) is 30.3 Å². The van der Waals surface area contributed by atoms with E-state index in [1.807, 2.05) is 23.8 Å². The van der Waals surface area contributed by atoms with Crippen LogP contribution in [0, 0.1) is 6.92 Å². The summed E-state index contributed by atoms with van der Waals surface area (Å²) in [6.07, 6.45) is 5.49. The fourth-order valence-corrected chi connectivity index (χ4v) is 3.67. The van der Waals surface area contributed by atoms with E-state index < -0.39 is 0 Å². The van der Waals surface area contributed by atoms with Crippen LogP contribution in [0.25, 0.3) is 0 Å². The summed E-state index contributed by atoms with van der Waals surface area (Å²) in [5, 5.41) is 0. The van der Waals surface area contributed by atoms with Gasteiger partial charge >= 0.3 is 0 Å². The summed E-state index contributed by atoms with van der Waals surface area (Å²) in [6.45, 7) is 10.6. The van der Waals surface area contributed by atoms with Gasteiger partial charge in [0.15, 0.2) is 11.5 Å². The molecular weight excluding hydrogens is 402 g/mol. The summed E-state index contributed by atoms with van der Waals surface area (Å²) < 4.78 is 19.4. The molecule has 0 bridgehead atoms. The van der Waals surface area contributed by atoms with Crippen molar-refractivity contribution in [1.29, 1.82) is 0 Å². The molecule has 3 rings (SSSR count). The van der Waals surface area contributed by atoms with Crippen molar-refractivity contribution in [3.8, 4) is 11.5 Å². The van der Waals surface area contributed by atoms with E-state index in [1.165, 1.54) is 16.7 Å². The summed E-state index contributed by atoms with van der Waals surface area (Å²) in [4.78, 5) is 6.51. The summed E-state index contributed by atoms with van der Waals surface area (Å²) in [5.74, 6) is 1.55. The molecule has 1 atom stereocenters. The molecule has 3 aromatic rings. The second kappa shape index (κ2) is 12.3. The first kappa shape index (κ1) is 23.8. The summed E-state index contributed by atoms with van der Waals surface area (Å²) in [5.41, 5.74) is 3.82. The van der Waals surface area contributed by atoms with E-state index >= 15 is 0 Å². The maximum Gasteiger partial charge on any atom is 0.161 e. The number of aryl methyl sites for hydroxylation is 1.